The molecular formula is C30H31NO2. The number of anilines is 1. The Bertz CT molecular complexity index is 1130. The molecule has 4 aromatic carbocycles. The van der Waals surface area contributed by atoms with Crippen LogP contribution in [0.1, 0.15) is 30.5 Å². The summed E-state index contributed by atoms with van der Waals surface area (Å²) in [5, 5.41) is 11.1. The molecule has 4 aromatic rings. The van der Waals surface area contributed by atoms with Crippen molar-refractivity contribution in [3.63, 3.8) is 0 Å². The number of nitrogens with zero attached hydrogens (tertiary/aromatic N) is 1. The fraction of sp³-hybridized carbons (Fsp3) is 0.200. The van der Waals surface area contributed by atoms with Gasteiger partial charge in [0, 0.05) is 18.7 Å². The minimum absolute atomic E-state index is 0.703. The van der Waals surface area contributed by atoms with Gasteiger partial charge in [0.15, 0.2) is 0 Å². The SMILES string of the molecule is COc1c(N(Cc2ccccc2)Cc2ccccc2)cc(-c2ccccc2)cc1C(C)(C)O. The zero-order valence-electron chi connectivity index (χ0n) is 19.5. The van der Waals surface area contributed by atoms with Gasteiger partial charge in [-0.2, -0.15) is 0 Å². The lowest BCUT2D eigenvalue weighted by molar-refractivity contribution is 0.0757. The second-order valence-electron chi connectivity index (χ2n) is 8.83. The number of rotatable bonds is 8. The van der Waals surface area contributed by atoms with Crippen molar-refractivity contribution in [2.75, 3.05) is 12.0 Å². The number of hydrogen-bond acceptors (Lipinski definition) is 3. The van der Waals surface area contributed by atoms with Gasteiger partial charge < -0.3 is 14.7 Å². The summed E-state index contributed by atoms with van der Waals surface area (Å²) in [6.07, 6.45) is 0. The van der Waals surface area contributed by atoms with Gasteiger partial charge >= 0.3 is 0 Å². The Kier molecular flexibility index (Phi) is 6.81. The molecule has 4 rings (SSSR count). The molecule has 0 aliphatic rings. The third kappa shape index (κ3) is 5.44. The molecule has 33 heavy (non-hydrogen) atoms. The lowest BCUT2D eigenvalue weighted by atomic mass is 9.91. The van der Waals surface area contributed by atoms with Gasteiger partial charge in [0.25, 0.3) is 0 Å². The quantitative estimate of drug-likeness (QED) is 0.329. The molecule has 0 spiro atoms. The van der Waals surface area contributed by atoms with Crippen LogP contribution in [0.2, 0.25) is 0 Å². The number of aliphatic hydroxyl groups is 1. The second-order valence-corrected chi connectivity index (χ2v) is 8.83. The topological polar surface area (TPSA) is 32.7 Å². The van der Waals surface area contributed by atoms with Gasteiger partial charge in [-0.3, -0.25) is 0 Å². The van der Waals surface area contributed by atoms with Crippen LogP contribution in [-0.4, -0.2) is 12.2 Å². The van der Waals surface area contributed by atoms with Gasteiger partial charge in [-0.15, -0.1) is 0 Å². The Balaban J connectivity index is 1.90. The average Bonchev–Trinajstić information content (AvgIpc) is 2.84. The monoisotopic (exact) mass is 437 g/mol. The first kappa shape index (κ1) is 22.6. The molecule has 0 fully saturated rings. The highest BCUT2D eigenvalue weighted by Crippen LogP contribution is 2.42. The van der Waals surface area contributed by atoms with Crippen molar-refractivity contribution >= 4 is 5.69 Å². The van der Waals surface area contributed by atoms with Crippen LogP contribution in [0.25, 0.3) is 11.1 Å². The Labute approximate surface area is 196 Å². The first-order chi connectivity index (χ1) is 16.0. The maximum Gasteiger partial charge on any atom is 0.148 e. The van der Waals surface area contributed by atoms with E-state index in [-0.39, 0.29) is 0 Å². The van der Waals surface area contributed by atoms with E-state index >= 15 is 0 Å². The molecule has 0 amide bonds. The summed E-state index contributed by atoms with van der Waals surface area (Å²) in [5.74, 6) is 0.703. The van der Waals surface area contributed by atoms with E-state index in [1.165, 1.54) is 11.1 Å². The lowest BCUT2D eigenvalue weighted by Gasteiger charge is -2.31. The Morgan fingerprint density at radius 1 is 0.697 bits per heavy atom. The third-order valence-corrected chi connectivity index (χ3v) is 5.81. The van der Waals surface area contributed by atoms with E-state index in [1.54, 1.807) is 7.11 Å². The van der Waals surface area contributed by atoms with Crippen molar-refractivity contribution in [2.45, 2.75) is 32.5 Å². The van der Waals surface area contributed by atoms with Crippen LogP contribution in [0.4, 0.5) is 5.69 Å². The van der Waals surface area contributed by atoms with E-state index in [1.807, 2.05) is 50.2 Å². The molecule has 0 saturated heterocycles. The van der Waals surface area contributed by atoms with Crippen LogP contribution in [0.15, 0.2) is 103 Å². The average molecular weight is 438 g/mol. The van der Waals surface area contributed by atoms with Gasteiger partial charge in [0.05, 0.1) is 18.4 Å². The molecule has 3 nitrogen and oxygen atoms in total. The van der Waals surface area contributed by atoms with Crippen molar-refractivity contribution in [3.05, 3.63) is 120 Å². The number of ether oxygens (including phenoxy) is 1. The van der Waals surface area contributed by atoms with Gasteiger partial charge in [-0.25, -0.2) is 0 Å². The highest BCUT2D eigenvalue weighted by molar-refractivity contribution is 5.75. The van der Waals surface area contributed by atoms with E-state index in [0.29, 0.717) is 5.75 Å². The molecular weight excluding hydrogens is 406 g/mol. The molecule has 0 saturated carbocycles. The minimum atomic E-state index is -1.06. The first-order valence-corrected chi connectivity index (χ1v) is 11.3. The highest BCUT2D eigenvalue weighted by Gasteiger charge is 2.27. The Morgan fingerprint density at radius 3 is 1.64 bits per heavy atom. The molecule has 0 bridgehead atoms. The maximum absolute atomic E-state index is 11.1. The van der Waals surface area contributed by atoms with Gasteiger partial charge in [-0.1, -0.05) is 91.0 Å². The summed E-state index contributed by atoms with van der Waals surface area (Å²) in [6, 6.07) is 35.4. The van der Waals surface area contributed by atoms with E-state index in [2.05, 4.69) is 71.6 Å². The van der Waals surface area contributed by atoms with Crippen LogP contribution >= 0.6 is 0 Å². The summed E-state index contributed by atoms with van der Waals surface area (Å²) in [7, 11) is 1.68. The minimum Gasteiger partial charge on any atom is -0.494 e. The zero-order chi connectivity index (χ0) is 23.3. The number of benzene rings is 4. The zero-order valence-corrected chi connectivity index (χ0v) is 19.5. The molecule has 0 radical (unpaired) electrons. The second kappa shape index (κ2) is 9.93. The molecule has 0 aliphatic carbocycles. The normalized spacial score (nSPS) is 11.3. The standard InChI is InChI=1S/C30H31NO2/c1-30(2,32)27-19-26(25-17-11-6-12-18-25)20-28(29(27)33-3)31(21-23-13-7-4-8-14-23)22-24-15-9-5-10-16-24/h4-20,32H,21-22H2,1-3H3. The molecule has 0 aromatic heterocycles. The van der Waals surface area contributed by atoms with Crippen molar-refractivity contribution in [3.8, 4) is 16.9 Å². The molecule has 3 heteroatoms. The van der Waals surface area contributed by atoms with Crippen molar-refractivity contribution in [2.24, 2.45) is 0 Å². The van der Waals surface area contributed by atoms with Crippen molar-refractivity contribution in [1.82, 2.24) is 0 Å². The molecule has 168 valence electrons. The summed E-state index contributed by atoms with van der Waals surface area (Å²) in [6.45, 7) is 5.05. The van der Waals surface area contributed by atoms with Crippen LogP contribution < -0.4 is 9.64 Å². The Hall–Kier alpha value is -3.56. The smallest absolute Gasteiger partial charge is 0.148 e. The van der Waals surface area contributed by atoms with E-state index in [0.717, 1.165) is 35.5 Å². The van der Waals surface area contributed by atoms with Gasteiger partial charge in [-0.05, 0) is 48.2 Å². The van der Waals surface area contributed by atoms with Crippen molar-refractivity contribution in [1.29, 1.82) is 0 Å². The van der Waals surface area contributed by atoms with Crippen LogP contribution in [0, 0.1) is 0 Å². The Morgan fingerprint density at radius 2 is 1.18 bits per heavy atom. The lowest BCUT2D eigenvalue weighted by Crippen LogP contribution is -2.25. The van der Waals surface area contributed by atoms with Crippen LogP contribution in [0.3, 0.4) is 0 Å². The summed E-state index contributed by atoms with van der Waals surface area (Å²) >= 11 is 0. The molecule has 0 heterocycles. The molecule has 0 aliphatic heterocycles. The van der Waals surface area contributed by atoms with E-state index < -0.39 is 5.60 Å². The fourth-order valence-corrected chi connectivity index (χ4v) is 4.15. The molecule has 0 unspecified atom stereocenters. The number of hydrogen-bond donors (Lipinski definition) is 1. The molecule has 0 atom stereocenters. The predicted octanol–water partition coefficient (Wildman–Crippen LogP) is 6.80. The predicted molar refractivity (Wildman–Crippen MR) is 136 cm³/mol. The fourth-order valence-electron chi connectivity index (χ4n) is 4.15. The van der Waals surface area contributed by atoms with E-state index in [9.17, 15) is 5.11 Å². The summed E-state index contributed by atoms with van der Waals surface area (Å²) in [5.41, 5.74) is 5.25. The largest absolute Gasteiger partial charge is 0.494 e. The van der Waals surface area contributed by atoms with Crippen LogP contribution in [-0.2, 0) is 18.7 Å². The van der Waals surface area contributed by atoms with Gasteiger partial charge in [0.1, 0.15) is 5.75 Å². The molecule has 1 N–H and O–H groups in total. The van der Waals surface area contributed by atoms with Gasteiger partial charge in [0.2, 0.25) is 0 Å². The first-order valence-electron chi connectivity index (χ1n) is 11.3. The van der Waals surface area contributed by atoms with E-state index in [4.69, 9.17) is 4.74 Å². The van der Waals surface area contributed by atoms with Crippen LogP contribution in [0.5, 0.6) is 5.75 Å². The number of methoxy groups -OCH3 is 1. The highest BCUT2D eigenvalue weighted by atomic mass is 16.5. The third-order valence-electron chi connectivity index (χ3n) is 5.81. The maximum atomic E-state index is 11.1. The summed E-state index contributed by atoms with van der Waals surface area (Å²) in [4.78, 5) is 2.32. The summed E-state index contributed by atoms with van der Waals surface area (Å²) < 4.78 is 5.95. The van der Waals surface area contributed by atoms with Crippen molar-refractivity contribution < 1.29 is 9.84 Å².